The predicted octanol–water partition coefficient (Wildman–Crippen LogP) is 2.26. The van der Waals surface area contributed by atoms with Crippen molar-refractivity contribution in [2.24, 2.45) is 0 Å². The summed E-state index contributed by atoms with van der Waals surface area (Å²) in [6.45, 7) is 8.35. The fourth-order valence-electron chi connectivity index (χ4n) is 1.74. The number of rotatable bonds is 5. The van der Waals surface area contributed by atoms with Crippen molar-refractivity contribution in [3.8, 4) is 5.75 Å². The monoisotopic (exact) mass is 264 g/mol. The van der Waals surface area contributed by atoms with E-state index in [0.29, 0.717) is 6.54 Å². The Morgan fingerprint density at radius 3 is 2.53 bits per heavy atom. The third-order valence-corrected chi connectivity index (χ3v) is 2.76. The quantitative estimate of drug-likeness (QED) is 0.857. The van der Waals surface area contributed by atoms with Crippen molar-refractivity contribution in [2.45, 2.75) is 39.3 Å². The molecule has 1 amide bonds. The van der Waals surface area contributed by atoms with Crippen LogP contribution in [-0.2, 0) is 4.79 Å². The zero-order valence-electron chi connectivity index (χ0n) is 12.4. The number of hydrogen-bond donors (Lipinski definition) is 2. The van der Waals surface area contributed by atoms with E-state index < -0.39 is 0 Å². The molecule has 1 aromatic rings. The smallest absolute Gasteiger partial charge is 0.234 e. The highest BCUT2D eigenvalue weighted by Crippen LogP contribution is 2.24. The molecule has 1 atom stereocenters. The van der Waals surface area contributed by atoms with Crippen molar-refractivity contribution in [3.63, 3.8) is 0 Å². The lowest BCUT2D eigenvalue weighted by molar-refractivity contribution is -0.121. The third-order valence-electron chi connectivity index (χ3n) is 2.76. The Labute approximate surface area is 115 Å². The molecule has 0 aliphatic carbocycles. The number of methoxy groups -OCH3 is 1. The van der Waals surface area contributed by atoms with Crippen LogP contribution in [0.15, 0.2) is 24.3 Å². The van der Waals surface area contributed by atoms with Gasteiger partial charge in [-0.1, -0.05) is 18.2 Å². The van der Waals surface area contributed by atoms with Crippen molar-refractivity contribution >= 4 is 5.91 Å². The van der Waals surface area contributed by atoms with E-state index in [1.165, 1.54) is 0 Å². The molecule has 0 aromatic heterocycles. The van der Waals surface area contributed by atoms with Gasteiger partial charge in [-0.05, 0) is 33.8 Å². The molecular formula is C15H24N2O2. The summed E-state index contributed by atoms with van der Waals surface area (Å²) in [5, 5.41) is 6.13. The minimum absolute atomic E-state index is 0.0201. The molecule has 1 rings (SSSR count). The average molecular weight is 264 g/mol. The number of ether oxygens (including phenoxy) is 1. The number of benzene rings is 1. The second-order valence-corrected chi connectivity index (χ2v) is 5.63. The van der Waals surface area contributed by atoms with Crippen LogP contribution in [0.1, 0.15) is 39.3 Å². The Morgan fingerprint density at radius 1 is 1.32 bits per heavy atom. The number of nitrogens with one attached hydrogen (secondary N) is 2. The van der Waals surface area contributed by atoms with Gasteiger partial charge < -0.3 is 15.4 Å². The zero-order valence-corrected chi connectivity index (χ0v) is 12.4. The van der Waals surface area contributed by atoms with Crippen LogP contribution in [0.5, 0.6) is 5.75 Å². The summed E-state index contributed by atoms with van der Waals surface area (Å²) in [6, 6.07) is 7.63. The van der Waals surface area contributed by atoms with Crippen molar-refractivity contribution in [3.05, 3.63) is 29.8 Å². The molecule has 0 unspecified atom stereocenters. The van der Waals surface area contributed by atoms with Gasteiger partial charge >= 0.3 is 0 Å². The maximum absolute atomic E-state index is 11.9. The highest BCUT2D eigenvalue weighted by atomic mass is 16.5. The number of para-hydroxylation sites is 1. The molecule has 106 valence electrons. The first-order chi connectivity index (χ1) is 8.83. The minimum atomic E-state index is -0.0783. The molecule has 4 heteroatoms. The first-order valence-corrected chi connectivity index (χ1v) is 6.51. The topological polar surface area (TPSA) is 50.4 Å². The molecule has 0 saturated carbocycles. The van der Waals surface area contributed by atoms with E-state index >= 15 is 0 Å². The standard InChI is InChI=1S/C15H24N2O2/c1-11(12-8-6-7-9-13(12)19-5)17-14(18)10-16-15(2,3)4/h6-9,11,16H,10H2,1-5H3,(H,17,18)/t11-/m0/s1. The second kappa shape index (κ2) is 6.57. The van der Waals surface area contributed by atoms with E-state index in [4.69, 9.17) is 4.74 Å². The Hall–Kier alpha value is -1.55. The lowest BCUT2D eigenvalue weighted by Gasteiger charge is -2.22. The fourth-order valence-corrected chi connectivity index (χ4v) is 1.74. The summed E-state index contributed by atoms with van der Waals surface area (Å²) >= 11 is 0. The van der Waals surface area contributed by atoms with Gasteiger partial charge in [0.1, 0.15) is 5.75 Å². The van der Waals surface area contributed by atoms with Gasteiger partial charge in [-0.15, -0.1) is 0 Å². The van der Waals surface area contributed by atoms with Crippen molar-refractivity contribution in [1.82, 2.24) is 10.6 Å². The normalized spacial score (nSPS) is 12.9. The molecule has 0 aliphatic rings. The van der Waals surface area contributed by atoms with Crippen LogP contribution in [-0.4, -0.2) is 25.1 Å². The van der Waals surface area contributed by atoms with E-state index in [9.17, 15) is 4.79 Å². The van der Waals surface area contributed by atoms with E-state index in [1.54, 1.807) is 7.11 Å². The third kappa shape index (κ3) is 5.30. The largest absolute Gasteiger partial charge is 0.496 e. The summed E-state index contributed by atoms with van der Waals surface area (Å²) in [5.41, 5.74) is 0.916. The van der Waals surface area contributed by atoms with Gasteiger partial charge in [0.05, 0.1) is 19.7 Å². The Morgan fingerprint density at radius 2 is 1.95 bits per heavy atom. The van der Waals surface area contributed by atoms with E-state index in [-0.39, 0.29) is 17.5 Å². The maximum atomic E-state index is 11.9. The Bertz CT molecular complexity index is 424. The summed E-state index contributed by atoms with van der Waals surface area (Å²) < 4.78 is 5.30. The lowest BCUT2D eigenvalue weighted by Crippen LogP contribution is -2.43. The molecule has 0 spiro atoms. The van der Waals surface area contributed by atoms with Gasteiger partial charge in [-0.3, -0.25) is 4.79 Å². The maximum Gasteiger partial charge on any atom is 0.234 e. The van der Waals surface area contributed by atoms with Gasteiger partial charge in [0, 0.05) is 11.1 Å². The summed E-state index contributed by atoms with van der Waals surface area (Å²) in [5.74, 6) is 0.771. The van der Waals surface area contributed by atoms with Gasteiger partial charge in [0.25, 0.3) is 0 Å². The molecule has 19 heavy (non-hydrogen) atoms. The molecule has 0 aliphatic heterocycles. The molecule has 0 radical (unpaired) electrons. The van der Waals surface area contributed by atoms with Gasteiger partial charge in [-0.25, -0.2) is 0 Å². The van der Waals surface area contributed by atoms with Crippen LogP contribution in [0.4, 0.5) is 0 Å². The van der Waals surface area contributed by atoms with Crippen molar-refractivity contribution in [2.75, 3.05) is 13.7 Å². The minimum Gasteiger partial charge on any atom is -0.496 e. The Balaban J connectivity index is 2.59. The molecule has 1 aromatic carbocycles. The molecular weight excluding hydrogens is 240 g/mol. The summed E-state index contributed by atoms with van der Waals surface area (Å²) in [6.07, 6.45) is 0. The highest BCUT2D eigenvalue weighted by molar-refractivity contribution is 5.78. The van der Waals surface area contributed by atoms with Crippen LogP contribution in [0.2, 0.25) is 0 Å². The Kier molecular flexibility index (Phi) is 5.36. The van der Waals surface area contributed by atoms with Crippen LogP contribution in [0, 0.1) is 0 Å². The van der Waals surface area contributed by atoms with E-state index in [0.717, 1.165) is 11.3 Å². The first-order valence-electron chi connectivity index (χ1n) is 6.51. The molecule has 0 heterocycles. The second-order valence-electron chi connectivity index (χ2n) is 5.63. The van der Waals surface area contributed by atoms with Gasteiger partial charge in [0.15, 0.2) is 0 Å². The SMILES string of the molecule is COc1ccccc1[C@H](C)NC(=O)CNC(C)(C)C. The molecule has 2 N–H and O–H groups in total. The van der Waals surface area contributed by atoms with Gasteiger partial charge in [-0.2, -0.15) is 0 Å². The zero-order chi connectivity index (χ0) is 14.5. The molecule has 0 bridgehead atoms. The van der Waals surface area contributed by atoms with Crippen molar-refractivity contribution < 1.29 is 9.53 Å². The van der Waals surface area contributed by atoms with Gasteiger partial charge in [0.2, 0.25) is 5.91 Å². The van der Waals surface area contributed by atoms with Crippen LogP contribution < -0.4 is 15.4 Å². The number of hydrogen-bond acceptors (Lipinski definition) is 3. The summed E-state index contributed by atoms with van der Waals surface area (Å²) in [4.78, 5) is 11.9. The first kappa shape index (κ1) is 15.5. The number of carbonyl (C=O) groups is 1. The van der Waals surface area contributed by atoms with Crippen LogP contribution in [0.25, 0.3) is 0 Å². The highest BCUT2D eigenvalue weighted by Gasteiger charge is 2.15. The van der Waals surface area contributed by atoms with E-state index in [1.807, 2.05) is 52.0 Å². The van der Waals surface area contributed by atoms with E-state index in [2.05, 4.69) is 10.6 Å². The number of amides is 1. The van der Waals surface area contributed by atoms with Crippen LogP contribution >= 0.6 is 0 Å². The molecule has 4 nitrogen and oxygen atoms in total. The van der Waals surface area contributed by atoms with Crippen LogP contribution in [0.3, 0.4) is 0 Å². The molecule has 0 fully saturated rings. The molecule has 0 saturated heterocycles. The lowest BCUT2D eigenvalue weighted by atomic mass is 10.1. The van der Waals surface area contributed by atoms with Crippen molar-refractivity contribution in [1.29, 1.82) is 0 Å². The average Bonchev–Trinajstić information content (AvgIpc) is 2.35. The predicted molar refractivity (Wildman–Crippen MR) is 77.3 cm³/mol. The fraction of sp³-hybridized carbons (Fsp3) is 0.533. The summed E-state index contributed by atoms with van der Waals surface area (Å²) in [7, 11) is 1.63. The number of carbonyl (C=O) groups excluding carboxylic acids is 1.